The number of amides is 1. The first kappa shape index (κ1) is 13.5. The van der Waals surface area contributed by atoms with Crippen molar-refractivity contribution in [2.75, 3.05) is 13.7 Å². The number of methoxy groups -OCH3 is 1. The van der Waals surface area contributed by atoms with E-state index in [1.807, 2.05) is 24.3 Å². The van der Waals surface area contributed by atoms with E-state index in [1.165, 1.54) is 0 Å². The number of ether oxygens (including phenoxy) is 1. The van der Waals surface area contributed by atoms with Gasteiger partial charge in [0.1, 0.15) is 5.75 Å². The van der Waals surface area contributed by atoms with Gasteiger partial charge in [-0.25, -0.2) is 0 Å². The Kier molecular flexibility index (Phi) is 6.10. The fraction of sp³-hybridized carbons (Fsp3) is 0.462. The number of benzene rings is 1. The van der Waals surface area contributed by atoms with Crippen molar-refractivity contribution in [2.24, 2.45) is 0 Å². The van der Waals surface area contributed by atoms with Gasteiger partial charge in [-0.2, -0.15) is 0 Å². The normalized spacial score (nSPS) is 10.0. The fourth-order valence-corrected chi connectivity index (χ4v) is 1.43. The molecule has 4 nitrogen and oxygen atoms in total. The van der Waals surface area contributed by atoms with Gasteiger partial charge in [0.2, 0.25) is 5.91 Å². The van der Waals surface area contributed by atoms with Gasteiger partial charge in [0.15, 0.2) is 0 Å². The third kappa shape index (κ3) is 5.36. The predicted molar refractivity (Wildman–Crippen MR) is 65.8 cm³/mol. The second-order valence-electron chi connectivity index (χ2n) is 3.81. The summed E-state index contributed by atoms with van der Waals surface area (Å²) in [5.74, 6) is 0.831. The summed E-state index contributed by atoms with van der Waals surface area (Å²) in [6.07, 6.45) is 1.87. The summed E-state index contributed by atoms with van der Waals surface area (Å²) >= 11 is 0. The van der Waals surface area contributed by atoms with E-state index in [9.17, 15) is 4.79 Å². The zero-order valence-electron chi connectivity index (χ0n) is 10.1. The molecule has 0 spiro atoms. The maximum absolute atomic E-state index is 11.4. The van der Waals surface area contributed by atoms with Crippen molar-refractivity contribution in [3.8, 4) is 5.75 Å². The van der Waals surface area contributed by atoms with Crippen molar-refractivity contribution < 1.29 is 14.6 Å². The molecule has 0 aliphatic rings. The molecule has 1 aromatic rings. The molecular formula is C13H19NO3. The average Bonchev–Trinajstić information content (AvgIpc) is 2.37. The number of aliphatic hydroxyl groups excluding tert-OH is 1. The number of hydrogen-bond donors (Lipinski definition) is 2. The van der Waals surface area contributed by atoms with Crippen LogP contribution in [0.4, 0.5) is 0 Å². The van der Waals surface area contributed by atoms with Crippen molar-refractivity contribution in [1.29, 1.82) is 0 Å². The number of rotatable bonds is 7. The van der Waals surface area contributed by atoms with Crippen molar-refractivity contribution in [2.45, 2.75) is 25.8 Å². The highest BCUT2D eigenvalue weighted by molar-refractivity contribution is 5.75. The highest BCUT2D eigenvalue weighted by Crippen LogP contribution is 2.10. The van der Waals surface area contributed by atoms with Crippen LogP contribution in [0.2, 0.25) is 0 Å². The molecule has 0 atom stereocenters. The maximum atomic E-state index is 11.4. The quantitative estimate of drug-likeness (QED) is 0.706. The van der Waals surface area contributed by atoms with E-state index in [4.69, 9.17) is 9.84 Å². The molecule has 0 heterocycles. The summed E-state index contributed by atoms with van der Waals surface area (Å²) in [7, 11) is 1.62. The van der Waals surface area contributed by atoms with E-state index in [1.54, 1.807) is 7.11 Å². The first-order valence-corrected chi connectivity index (χ1v) is 5.76. The van der Waals surface area contributed by atoms with Gasteiger partial charge in [-0.15, -0.1) is 0 Å². The molecule has 17 heavy (non-hydrogen) atoms. The Balaban J connectivity index is 2.27. The standard InChI is InChI=1S/C13H19NO3/c1-17-12-7-5-11(6-8-12)10-14-13(16)4-2-3-9-15/h5-8,15H,2-4,9-10H2,1H3,(H,14,16). The summed E-state index contributed by atoms with van der Waals surface area (Å²) in [6, 6.07) is 7.58. The topological polar surface area (TPSA) is 58.6 Å². The number of carbonyl (C=O) groups excluding carboxylic acids is 1. The minimum Gasteiger partial charge on any atom is -0.497 e. The Morgan fingerprint density at radius 2 is 2.00 bits per heavy atom. The van der Waals surface area contributed by atoms with Crippen LogP contribution < -0.4 is 10.1 Å². The Labute approximate surface area is 102 Å². The van der Waals surface area contributed by atoms with E-state index in [-0.39, 0.29) is 12.5 Å². The van der Waals surface area contributed by atoms with Gasteiger partial charge in [0.25, 0.3) is 0 Å². The molecule has 0 aliphatic carbocycles. The van der Waals surface area contributed by atoms with E-state index < -0.39 is 0 Å². The van der Waals surface area contributed by atoms with Crippen LogP contribution in [0.1, 0.15) is 24.8 Å². The van der Waals surface area contributed by atoms with E-state index in [0.717, 1.165) is 17.7 Å². The van der Waals surface area contributed by atoms with Gasteiger partial charge in [-0.3, -0.25) is 4.79 Å². The molecule has 4 heteroatoms. The molecule has 0 unspecified atom stereocenters. The summed E-state index contributed by atoms with van der Waals surface area (Å²) in [5, 5.41) is 11.4. The SMILES string of the molecule is COc1ccc(CNC(=O)CCCCO)cc1. The van der Waals surface area contributed by atoms with Crippen LogP contribution in [-0.4, -0.2) is 24.7 Å². The lowest BCUT2D eigenvalue weighted by molar-refractivity contribution is -0.121. The molecule has 1 aromatic carbocycles. The molecule has 0 saturated carbocycles. The number of hydrogen-bond acceptors (Lipinski definition) is 3. The van der Waals surface area contributed by atoms with Crippen molar-refractivity contribution in [1.82, 2.24) is 5.32 Å². The lowest BCUT2D eigenvalue weighted by Gasteiger charge is -2.06. The van der Waals surface area contributed by atoms with Gasteiger partial charge >= 0.3 is 0 Å². The molecule has 0 radical (unpaired) electrons. The first-order valence-electron chi connectivity index (χ1n) is 5.76. The molecule has 0 aromatic heterocycles. The third-order valence-electron chi connectivity index (χ3n) is 2.46. The van der Waals surface area contributed by atoms with E-state index in [0.29, 0.717) is 19.4 Å². The van der Waals surface area contributed by atoms with Crippen molar-refractivity contribution in [3.63, 3.8) is 0 Å². The van der Waals surface area contributed by atoms with Gasteiger partial charge < -0.3 is 15.2 Å². The van der Waals surface area contributed by atoms with Crippen LogP contribution in [0.5, 0.6) is 5.75 Å². The number of unbranched alkanes of at least 4 members (excludes halogenated alkanes) is 1. The minimum atomic E-state index is 0.0225. The molecule has 0 aliphatic heterocycles. The van der Waals surface area contributed by atoms with Gasteiger partial charge in [0.05, 0.1) is 7.11 Å². The second kappa shape index (κ2) is 7.68. The Morgan fingerprint density at radius 3 is 2.59 bits per heavy atom. The summed E-state index contributed by atoms with van der Waals surface area (Å²) < 4.78 is 5.05. The first-order chi connectivity index (χ1) is 8.26. The summed E-state index contributed by atoms with van der Waals surface area (Å²) in [5.41, 5.74) is 1.04. The predicted octanol–water partition coefficient (Wildman–Crippen LogP) is 1.47. The average molecular weight is 237 g/mol. The molecule has 0 saturated heterocycles. The van der Waals surface area contributed by atoms with Crippen molar-refractivity contribution >= 4 is 5.91 Å². The molecule has 94 valence electrons. The minimum absolute atomic E-state index is 0.0225. The van der Waals surface area contributed by atoms with E-state index in [2.05, 4.69) is 5.32 Å². The third-order valence-corrected chi connectivity index (χ3v) is 2.46. The zero-order chi connectivity index (χ0) is 12.5. The Hall–Kier alpha value is -1.55. The largest absolute Gasteiger partial charge is 0.497 e. The maximum Gasteiger partial charge on any atom is 0.220 e. The summed E-state index contributed by atoms with van der Waals surface area (Å²) in [6.45, 7) is 0.674. The Morgan fingerprint density at radius 1 is 1.29 bits per heavy atom. The molecule has 0 bridgehead atoms. The molecule has 1 amide bonds. The Bertz CT molecular complexity index is 335. The van der Waals surface area contributed by atoms with E-state index >= 15 is 0 Å². The fourth-order valence-electron chi connectivity index (χ4n) is 1.43. The van der Waals surface area contributed by atoms with Crippen LogP contribution in [0.25, 0.3) is 0 Å². The number of aliphatic hydroxyl groups is 1. The molecule has 0 fully saturated rings. The van der Waals surface area contributed by atoms with Gasteiger partial charge in [0, 0.05) is 19.6 Å². The number of nitrogens with one attached hydrogen (secondary N) is 1. The smallest absolute Gasteiger partial charge is 0.220 e. The second-order valence-corrected chi connectivity index (χ2v) is 3.81. The van der Waals surface area contributed by atoms with Crippen LogP contribution >= 0.6 is 0 Å². The molecule has 2 N–H and O–H groups in total. The van der Waals surface area contributed by atoms with Crippen LogP contribution in [-0.2, 0) is 11.3 Å². The molecular weight excluding hydrogens is 218 g/mol. The summed E-state index contributed by atoms with van der Waals surface area (Å²) in [4.78, 5) is 11.4. The zero-order valence-corrected chi connectivity index (χ0v) is 10.1. The molecule has 1 rings (SSSR count). The van der Waals surface area contributed by atoms with Crippen LogP contribution in [0, 0.1) is 0 Å². The lowest BCUT2D eigenvalue weighted by Crippen LogP contribution is -2.22. The van der Waals surface area contributed by atoms with Gasteiger partial charge in [-0.1, -0.05) is 12.1 Å². The monoisotopic (exact) mass is 237 g/mol. The van der Waals surface area contributed by atoms with Crippen LogP contribution in [0.3, 0.4) is 0 Å². The lowest BCUT2D eigenvalue weighted by atomic mass is 10.2. The van der Waals surface area contributed by atoms with Crippen LogP contribution in [0.15, 0.2) is 24.3 Å². The van der Waals surface area contributed by atoms with Gasteiger partial charge in [-0.05, 0) is 30.5 Å². The number of carbonyl (C=O) groups is 1. The van der Waals surface area contributed by atoms with Crippen molar-refractivity contribution in [3.05, 3.63) is 29.8 Å². The highest BCUT2D eigenvalue weighted by atomic mass is 16.5. The highest BCUT2D eigenvalue weighted by Gasteiger charge is 2.01.